The molecule has 6 heteroatoms. The molecule has 6 nitrogen and oxygen atoms in total. The summed E-state index contributed by atoms with van der Waals surface area (Å²) in [5.74, 6) is -0.730. The number of carboxylic acid groups (broad SMARTS) is 1. The van der Waals surface area contributed by atoms with Crippen LogP contribution < -0.4 is 4.74 Å². The molecule has 1 fully saturated rings. The number of carbonyl (C=O) groups is 2. The SMILES string of the molecule is CC(C)(C)OC1CCN(C(=O)c2cccc(OCC(=O)O)c2)CC1. The molecule has 0 atom stereocenters. The highest BCUT2D eigenvalue weighted by Crippen LogP contribution is 2.22. The molecule has 0 radical (unpaired) electrons. The highest BCUT2D eigenvalue weighted by Gasteiger charge is 2.27. The molecule has 1 heterocycles. The molecule has 0 aliphatic carbocycles. The Bertz CT molecular complexity index is 585. The normalized spacial score (nSPS) is 16.0. The summed E-state index contributed by atoms with van der Waals surface area (Å²) in [5, 5.41) is 8.65. The Balaban J connectivity index is 1.93. The maximum atomic E-state index is 12.6. The summed E-state index contributed by atoms with van der Waals surface area (Å²) in [6, 6.07) is 6.64. The molecule has 1 saturated heterocycles. The third-order valence-corrected chi connectivity index (χ3v) is 3.69. The number of piperidine rings is 1. The van der Waals surface area contributed by atoms with Gasteiger partial charge < -0.3 is 19.5 Å². The first-order valence-corrected chi connectivity index (χ1v) is 8.16. The van der Waals surface area contributed by atoms with Gasteiger partial charge in [-0.15, -0.1) is 0 Å². The first-order valence-electron chi connectivity index (χ1n) is 8.16. The molecule has 2 rings (SSSR count). The zero-order valence-electron chi connectivity index (χ0n) is 14.4. The summed E-state index contributed by atoms with van der Waals surface area (Å²) >= 11 is 0. The quantitative estimate of drug-likeness (QED) is 0.895. The van der Waals surface area contributed by atoms with E-state index < -0.39 is 12.6 Å². The number of carboxylic acids is 1. The van der Waals surface area contributed by atoms with Crippen molar-refractivity contribution in [1.82, 2.24) is 4.90 Å². The fourth-order valence-electron chi connectivity index (χ4n) is 2.72. The van der Waals surface area contributed by atoms with Gasteiger partial charge in [-0.1, -0.05) is 6.07 Å². The van der Waals surface area contributed by atoms with E-state index in [2.05, 4.69) is 0 Å². The van der Waals surface area contributed by atoms with E-state index in [4.69, 9.17) is 14.6 Å². The summed E-state index contributed by atoms with van der Waals surface area (Å²) in [5.41, 5.74) is 0.334. The molecule has 1 aliphatic heterocycles. The standard InChI is InChI=1S/C18H25NO5/c1-18(2,3)24-14-7-9-19(10-8-14)17(22)13-5-4-6-15(11-13)23-12-16(20)21/h4-6,11,14H,7-10,12H2,1-3H3,(H,20,21). The molecule has 0 spiro atoms. The van der Waals surface area contributed by atoms with Crippen LogP contribution in [0.4, 0.5) is 0 Å². The number of likely N-dealkylation sites (tertiary alicyclic amines) is 1. The number of ether oxygens (including phenoxy) is 2. The number of nitrogens with zero attached hydrogens (tertiary/aromatic N) is 1. The van der Waals surface area contributed by atoms with Crippen LogP contribution in [0.15, 0.2) is 24.3 Å². The van der Waals surface area contributed by atoms with Gasteiger partial charge in [-0.3, -0.25) is 4.79 Å². The van der Waals surface area contributed by atoms with Gasteiger partial charge in [-0.2, -0.15) is 0 Å². The molecular formula is C18H25NO5. The second-order valence-corrected chi connectivity index (χ2v) is 6.93. The van der Waals surface area contributed by atoms with E-state index in [1.165, 1.54) is 0 Å². The minimum Gasteiger partial charge on any atom is -0.482 e. The van der Waals surface area contributed by atoms with Crippen molar-refractivity contribution in [1.29, 1.82) is 0 Å². The summed E-state index contributed by atoms with van der Waals surface area (Å²) in [6.07, 6.45) is 1.82. The minimum atomic E-state index is -1.05. The van der Waals surface area contributed by atoms with Gasteiger partial charge in [0.05, 0.1) is 11.7 Å². The smallest absolute Gasteiger partial charge is 0.341 e. The molecule has 0 unspecified atom stereocenters. The van der Waals surface area contributed by atoms with Gasteiger partial charge in [-0.25, -0.2) is 4.79 Å². The summed E-state index contributed by atoms with van der Waals surface area (Å²) in [6.45, 7) is 6.99. The first kappa shape index (κ1) is 18.3. The Morgan fingerprint density at radius 3 is 2.50 bits per heavy atom. The molecule has 1 aromatic rings. The summed E-state index contributed by atoms with van der Waals surface area (Å²) < 4.78 is 11.1. The van der Waals surface area contributed by atoms with Crippen molar-refractivity contribution in [3.05, 3.63) is 29.8 Å². The molecular weight excluding hydrogens is 310 g/mol. The lowest BCUT2D eigenvalue weighted by Crippen LogP contribution is -2.42. The van der Waals surface area contributed by atoms with Gasteiger partial charge in [0.25, 0.3) is 5.91 Å². The Labute approximate surface area is 142 Å². The van der Waals surface area contributed by atoms with Crippen LogP contribution in [0.3, 0.4) is 0 Å². The number of rotatable bonds is 5. The number of carbonyl (C=O) groups excluding carboxylic acids is 1. The Hall–Kier alpha value is -2.08. The van der Waals surface area contributed by atoms with E-state index in [1.54, 1.807) is 29.2 Å². The fraction of sp³-hybridized carbons (Fsp3) is 0.556. The fourth-order valence-corrected chi connectivity index (χ4v) is 2.72. The number of benzene rings is 1. The van der Waals surface area contributed by atoms with E-state index in [0.717, 1.165) is 12.8 Å². The number of amides is 1. The second-order valence-electron chi connectivity index (χ2n) is 6.93. The highest BCUT2D eigenvalue weighted by molar-refractivity contribution is 5.94. The van der Waals surface area contributed by atoms with Crippen LogP contribution in [0.2, 0.25) is 0 Å². The molecule has 24 heavy (non-hydrogen) atoms. The van der Waals surface area contributed by atoms with E-state index in [9.17, 15) is 9.59 Å². The van der Waals surface area contributed by atoms with Gasteiger partial charge in [0.15, 0.2) is 6.61 Å². The van der Waals surface area contributed by atoms with Crippen molar-refractivity contribution in [3.63, 3.8) is 0 Å². The lowest BCUT2D eigenvalue weighted by molar-refractivity contribution is -0.139. The molecule has 1 aromatic carbocycles. The average molecular weight is 335 g/mol. The lowest BCUT2D eigenvalue weighted by atomic mass is 10.0. The van der Waals surface area contributed by atoms with Crippen LogP contribution in [0, 0.1) is 0 Å². The van der Waals surface area contributed by atoms with E-state index in [0.29, 0.717) is 24.4 Å². The average Bonchev–Trinajstić information content (AvgIpc) is 2.52. The summed E-state index contributed by atoms with van der Waals surface area (Å²) in [7, 11) is 0. The highest BCUT2D eigenvalue weighted by atomic mass is 16.5. The van der Waals surface area contributed by atoms with Gasteiger partial charge in [-0.05, 0) is 51.8 Å². The molecule has 0 aromatic heterocycles. The van der Waals surface area contributed by atoms with Gasteiger partial charge in [0.2, 0.25) is 0 Å². The maximum absolute atomic E-state index is 12.6. The van der Waals surface area contributed by atoms with Gasteiger partial charge in [0.1, 0.15) is 5.75 Å². The molecule has 0 saturated carbocycles. The van der Waals surface area contributed by atoms with Crippen molar-refractivity contribution >= 4 is 11.9 Å². The van der Waals surface area contributed by atoms with Crippen molar-refractivity contribution in [2.75, 3.05) is 19.7 Å². The van der Waals surface area contributed by atoms with Crippen molar-refractivity contribution in [3.8, 4) is 5.75 Å². The molecule has 1 aliphatic rings. The van der Waals surface area contributed by atoms with E-state index >= 15 is 0 Å². The van der Waals surface area contributed by atoms with Gasteiger partial charge in [0, 0.05) is 18.7 Å². The Morgan fingerprint density at radius 2 is 1.92 bits per heavy atom. The molecule has 1 amide bonds. The third kappa shape index (κ3) is 5.53. The van der Waals surface area contributed by atoms with Crippen molar-refractivity contribution in [2.45, 2.75) is 45.3 Å². The summed E-state index contributed by atoms with van der Waals surface area (Å²) in [4.78, 5) is 25.0. The van der Waals surface area contributed by atoms with E-state index in [1.807, 2.05) is 20.8 Å². The Kier molecular flexibility index (Phi) is 5.83. The van der Waals surface area contributed by atoms with Crippen LogP contribution in [-0.2, 0) is 9.53 Å². The largest absolute Gasteiger partial charge is 0.482 e. The zero-order valence-corrected chi connectivity index (χ0v) is 14.4. The second kappa shape index (κ2) is 7.66. The number of hydrogen-bond acceptors (Lipinski definition) is 4. The maximum Gasteiger partial charge on any atom is 0.341 e. The lowest BCUT2D eigenvalue weighted by Gasteiger charge is -2.35. The first-order chi connectivity index (χ1) is 11.2. The predicted molar refractivity (Wildman–Crippen MR) is 89.3 cm³/mol. The predicted octanol–water partition coefficient (Wildman–Crippen LogP) is 2.57. The van der Waals surface area contributed by atoms with Crippen LogP contribution in [0.1, 0.15) is 44.0 Å². The monoisotopic (exact) mass is 335 g/mol. The van der Waals surface area contributed by atoms with Crippen molar-refractivity contribution < 1.29 is 24.2 Å². The molecule has 132 valence electrons. The molecule has 1 N–H and O–H groups in total. The number of hydrogen-bond donors (Lipinski definition) is 1. The van der Waals surface area contributed by atoms with E-state index in [-0.39, 0.29) is 17.6 Å². The van der Waals surface area contributed by atoms with Crippen molar-refractivity contribution in [2.24, 2.45) is 0 Å². The van der Waals surface area contributed by atoms with Crippen LogP contribution in [0.25, 0.3) is 0 Å². The van der Waals surface area contributed by atoms with Crippen LogP contribution in [-0.4, -0.2) is 53.3 Å². The minimum absolute atomic E-state index is 0.0648. The van der Waals surface area contributed by atoms with Gasteiger partial charge >= 0.3 is 5.97 Å². The zero-order chi connectivity index (χ0) is 17.7. The number of aliphatic carboxylic acids is 1. The molecule has 0 bridgehead atoms. The third-order valence-electron chi connectivity index (χ3n) is 3.69. The van der Waals surface area contributed by atoms with Crippen LogP contribution >= 0.6 is 0 Å². The van der Waals surface area contributed by atoms with Crippen LogP contribution in [0.5, 0.6) is 5.75 Å². The Morgan fingerprint density at radius 1 is 1.25 bits per heavy atom. The topological polar surface area (TPSA) is 76.1 Å².